The highest BCUT2D eigenvalue weighted by Crippen LogP contribution is 2.29. The van der Waals surface area contributed by atoms with Crippen molar-refractivity contribution in [3.63, 3.8) is 0 Å². The molecular formula is C21H20BrClN2O3. The molecule has 0 radical (unpaired) electrons. The lowest BCUT2D eigenvalue weighted by atomic mass is 10.0. The standard InChI is InChI=1S/C21H20BrClN2O3/c22-16-6-3-4-14-12-19(28-20(14)16)21(26)24-13-18(25-8-10-27-11-9-25)15-5-1-2-7-17(15)23/h1-7,12,18H,8-11,13H2,(H,24,26). The predicted octanol–water partition coefficient (Wildman–Crippen LogP) is 4.65. The topological polar surface area (TPSA) is 54.7 Å². The molecule has 3 aromatic rings. The van der Waals surface area contributed by atoms with E-state index < -0.39 is 0 Å². The van der Waals surface area contributed by atoms with Crippen LogP contribution in [0.4, 0.5) is 0 Å². The Kier molecular flexibility index (Phi) is 6.01. The number of halogens is 2. The van der Waals surface area contributed by atoms with Gasteiger partial charge in [-0.25, -0.2) is 0 Å². The first kappa shape index (κ1) is 19.5. The predicted molar refractivity (Wildman–Crippen MR) is 113 cm³/mol. The fourth-order valence-electron chi connectivity index (χ4n) is 3.49. The largest absolute Gasteiger partial charge is 0.450 e. The number of para-hydroxylation sites is 1. The highest BCUT2D eigenvalue weighted by atomic mass is 79.9. The number of hydrogen-bond acceptors (Lipinski definition) is 4. The number of morpholine rings is 1. The molecule has 0 bridgehead atoms. The number of fused-ring (bicyclic) bond motifs is 1. The second-order valence-corrected chi connectivity index (χ2v) is 7.93. The third-order valence-electron chi connectivity index (χ3n) is 4.93. The van der Waals surface area contributed by atoms with Gasteiger partial charge in [0, 0.05) is 30.0 Å². The summed E-state index contributed by atoms with van der Waals surface area (Å²) in [5, 5.41) is 4.59. The van der Waals surface area contributed by atoms with Crippen molar-refractivity contribution in [3.05, 3.63) is 69.3 Å². The van der Waals surface area contributed by atoms with E-state index in [1.165, 1.54) is 0 Å². The van der Waals surface area contributed by atoms with Gasteiger partial charge >= 0.3 is 0 Å². The Morgan fingerprint density at radius 1 is 1.18 bits per heavy atom. The molecule has 146 valence electrons. The van der Waals surface area contributed by atoms with Gasteiger partial charge in [0.15, 0.2) is 5.76 Å². The summed E-state index contributed by atoms with van der Waals surface area (Å²) in [7, 11) is 0. The lowest BCUT2D eigenvalue weighted by molar-refractivity contribution is 0.0162. The van der Waals surface area contributed by atoms with E-state index in [-0.39, 0.29) is 11.9 Å². The van der Waals surface area contributed by atoms with Crippen LogP contribution in [-0.4, -0.2) is 43.7 Å². The maximum absolute atomic E-state index is 12.7. The Balaban J connectivity index is 1.53. The Bertz CT molecular complexity index is 985. The number of nitrogens with zero attached hydrogens (tertiary/aromatic N) is 1. The summed E-state index contributed by atoms with van der Waals surface area (Å²) in [6.45, 7) is 3.37. The van der Waals surface area contributed by atoms with Crippen molar-refractivity contribution < 1.29 is 13.9 Å². The molecule has 4 rings (SSSR count). The Morgan fingerprint density at radius 2 is 1.96 bits per heavy atom. The van der Waals surface area contributed by atoms with Gasteiger partial charge in [0.25, 0.3) is 5.91 Å². The molecule has 1 fully saturated rings. The van der Waals surface area contributed by atoms with Crippen LogP contribution in [0.15, 0.2) is 57.4 Å². The molecule has 1 unspecified atom stereocenters. The number of nitrogens with one attached hydrogen (secondary N) is 1. The summed E-state index contributed by atoms with van der Waals surface area (Å²) in [6.07, 6.45) is 0. The number of amides is 1. The van der Waals surface area contributed by atoms with Crippen molar-refractivity contribution in [2.45, 2.75) is 6.04 Å². The quantitative estimate of drug-likeness (QED) is 0.598. The number of rotatable bonds is 5. The zero-order valence-corrected chi connectivity index (χ0v) is 17.5. The van der Waals surface area contributed by atoms with Gasteiger partial charge in [-0.1, -0.05) is 41.9 Å². The van der Waals surface area contributed by atoms with Gasteiger partial charge in [-0.2, -0.15) is 0 Å². The third kappa shape index (κ3) is 4.10. The van der Waals surface area contributed by atoms with E-state index in [4.69, 9.17) is 20.8 Å². The van der Waals surface area contributed by atoms with Crippen LogP contribution in [-0.2, 0) is 4.74 Å². The molecule has 1 amide bonds. The molecule has 2 aromatic carbocycles. The van der Waals surface area contributed by atoms with Crippen molar-refractivity contribution in [2.75, 3.05) is 32.8 Å². The van der Waals surface area contributed by atoms with Gasteiger partial charge in [0.2, 0.25) is 0 Å². The van der Waals surface area contributed by atoms with Crippen molar-refractivity contribution in [1.82, 2.24) is 10.2 Å². The average Bonchev–Trinajstić information content (AvgIpc) is 3.16. The zero-order chi connectivity index (χ0) is 19.5. The average molecular weight is 464 g/mol. The molecule has 2 heterocycles. The normalized spacial score (nSPS) is 16.2. The van der Waals surface area contributed by atoms with E-state index in [1.54, 1.807) is 6.07 Å². The number of benzene rings is 2. The number of carbonyl (C=O) groups is 1. The van der Waals surface area contributed by atoms with Crippen LogP contribution in [0.1, 0.15) is 22.2 Å². The third-order valence-corrected chi connectivity index (χ3v) is 5.90. The summed E-state index contributed by atoms with van der Waals surface area (Å²) in [5.74, 6) is 0.0511. The Hall–Kier alpha value is -1.86. The van der Waals surface area contributed by atoms with Crippen LogP contribution in [0, 0.1) is 0 Å². The molecular weight excluding hydrogens is 444 g/mol. The maximum atomic E-state index is 12.7. The summed E-state index contributed by atoms with van der Waals surface area (Å²) >= 11 is 9.90. The molecule has 7 heteroatoms. The molecule has 1 N–H and O–H groups in total. The van der Waals surface area contributed by atoms with Gasteiger partial charge in [-0.05, 0) is 39.7 Å². The fourth-order valence-corrected chi connectivity index (χ4v) is 4.21. The maximum Gasteiger partial charge on any atom is 0.287 e. The lowest BCUT2D eigenvalue weighted by Crippen LogP contribution is -2.43. The molecule has 1 saturated heterocycles. The first-order chi connectivity index (χ1) is 13.6. The van der Waals surface area contributed by atoms with E-state index >= 15 is 0 Å². The monoisotopic (exact) mass is 462 g/mol. The minimum absolute atomic E-state index is 0.0299. The summed E-state index contributed by atoms with van der Waals surface area (Å²) in [4.78, 5) is 15.0. The molecule has 1 aliphatic heterocycles. The highest BCUT2D eigenvalue weighted by Gasteiger charge is 2.25. The van der Waals surface area contributed by atoms with Crippen LogP contribution in [0.2, 0.25) is 5.02 Å². The smallest absolute Gasteiger partial charge is 0.287 e. The minimum Gasteiger partial charge on any atom is -0.450 e. The van der Waals surface area contributed by atoms with Crippen molar-refractivity contribution >= 4 is 44.4 Å². The number of furan rings is 1. The molecule has 1 aliphatic rings. The van der Waals surface area contributed by atoms with Gasteiger partial charge in [-0.15, -0.1) is 0 Å². The van der Waals surface area contributed by atoms with Crippen LogP contribution in [0.3, 0.4) is 0 Å². The number of carbonyl (C=O) groups excluding carboxylic acids is 1. The van der Waals surface area contributed by atoms with Crippen LogP contribution in [0.25, 0.3) is 11.0 Å². The van der Waals surface area contributed by atoms with E-state index in [1.807, 2.05) is 42.5 Å². The molecule has 1 aromatic heterocycles. The summed E-state index contributed by atoms with van der Waals surface area (Å²) < 4.78 is 12.0. The van der Waals surface area contributed by atoms with Crippen LogP contribution < -0.4 is 5.32 Å². The molecule has 5 nitrogen and oxygen atoms in total. The lowest BCUT2D eigenvalue weighted by Gasteiger charge is -2.35. The Labute approximate surface area is 176 Å². The van der Waals surface area contributed by atoms with Crippen molar-refractivity contribution in [3.8, 4) is 0 Å². The van der Waals surface area contributed by atoms with Gasteiger partial charge in [0.05, 0.1) is 23.7 Å². The summed E-state index contributed by atoms with van der Waals surface area (Å²) in [5.41, 5.74) is 1.67. The second kappa shape index (κ2) is 8.66. The van der Waals surface area contributed by atoms with E-state index in [9.17, 15) is 4.79 Å². The molecule has 0 saturated carbocycles. The molecule has 28 heavy (non-hydrogen) atoms. The SMILES string of the molecule is O=C(NCC(c1ccccc1Cl)N1CCOCC1)c1cc2cccc(Br)c2o1. The molecule has 0 spiro atoms. The highest BCUT2D eigenvalue weighted by molar-refractivity contribution is 9.10. The van der Waals surface area contributed by atoms with Gasteiger partial charge in [0.1, 0.15) is 5.58 Å². The minimum atomic E-state index is -0.242. The van der Waals surface area contributed by atoms with Crippen LogP contribution in [0.5, 0.6) is 0 Å². The van der Waals surface area contributed by atoms with E-state index in [0.717, 1.165) is 28.5 Å². The number of ether oxygens (including phenoxy) is 1. The van der Waals surface area contributed by atoms with E-state index in [2.05, 4.69) is 26.1 Å². The van der Waals surface area contributed by atoms with Gasteiger partial charge in [-0.3, -0.25) is 9.69 Å². The summed E-state index contributed by atoms with van der Waals surface area (Å²) in [6, 6.07) is 15.2. The molecule has 0 aliphatic carbocycles. The first-order valence-electron chi connectivity index (χ1n) is 9.16. The Morgan fingerprint density at radius 3 is 2.71 bits per heavy atom. The number of hydrogen-bond donors (Lipinski definition) is 1. The fraction of sp³-hybridized carbons (Fsp3) is 0.286. The van der Waals surface area contributed by atoms with Crippen LogP contribution >= 0.6 is 27.5 Å². The van der Waals surface area contributed by atoms with E-state index in [0.29, 0.717) is 36.1 Å². The zero-order valence-electron chi connectivity index (χ0n) is 15.2. The second-order valence-electron chi connectivity index (χ2n) is 6.66. The molecule has 1 atom stereocenters. The first-order valence-corrected chi connectivity index (χ1v) is 10.3. The van der Waals surface area contributed by atoms with Crippen molar-refractivity contribution in [2.24, 2.45) is 0 Å². The van der Waals surface area contributed by atoms with Crippen molar-refractivity contribution in [1.29, 1.82) is 0 Å². The van der Waals surface area contributed by atoms with Gasteiger partial charge < -0.3 is 14.5 Å².